The highest BCUT2D eigenvalue weighted by Crippen LogP contribution is 2.22. The molecule has 2 heterocycles. The number of hydrogen-bond acceptors (Lipinski definition) is 4. The number of aliphatic hydroxyl groups is 1. The van der Waals surface area contributed by atoms with Crippen molar-refractivity contribution < 1.29 is 23.1 Å². The molecule has 1 aliphatic heterocycles. The Morgan fingerprint density at radius 1 is 1.58 bits per heavy atom. The molecule has 7 heteroatoms. The summed E-state index contributed by atoms with van der Waals surface area (Å²) in [5.74, 6) is -2.23. The first-order chi connectivity index (χ1) is 9.06. The van der Waals surface area contributed by atoms with E-state index in [1.807, 2.05) is 0 Å². The summed E-state index contributed by atoms with van der Waals surface area (Å²) in [5.41, 5.74) is 0. The molecule has 1 fully saturated rings. The van der Waals surface area contributed by atoms with Crippen LogP contribution in [0.25, 0.3) is 0 Å². The lowest BCUT2D eigenvalue weighted by molar-refractivity contribution is 0.0447. The summed E-state index contributed by atoms with van der Waals surface area (Å²) in [7, 11) is 0. The van der Waals surface area contributed by atoms with E-state index < -0.39 is 11.9 Å². The van der Waals surface area contributed by atoms with Gasteiger partial charge in [-0.2, -0.15) is 8.78 Å². The van der Waals surface area contributed by atoms with Crippen molar-refractivity contribution in [2.75, 3.05) is 13.1 Å². The van der Waals surface area contributed by atoms with E-state index in [-0.39, 0.29) is 17.4 Å². The average Bonchev–Trinajstić information content (AvgIpc) is 2.84. The van der Waals surface area contributed by atoms with Crippen molar-refractivity contribution in [3.05, 3.63) is 23.7 Å². The number of alkyl halides is 2. The van der Waals surface area contributed by atoms with Crippen LogP contribution < -0.4 is 0 Å². The molecule has 0 saturated carbocycles. The topological polar surface area (TPSA) is 53.7 Å². The zero-order valence-electron chi connectivity index (χ0n) is 10.2. The predicted molar refractivity (Wildman–Crippen MR) is 67.2 cm³/mol. The number of nitrogens with zero attached hydrogens (tertiary/aromatic N) is 1. The molecule has 4 nitrogen and oxygen atoms in total. The number of β-amino-alcohol motifs (C(OH)–C–C–N with tert-alkyl or cyclic N) is 1. The van der Waals surface area contributed by atoms with Gasteiger partial charge in [-0.15, -0.1) is 0 Å². The van der Waals surface area contributed by atoms with E-state index in [2.05, 4.69) is 0 Å². The number of carbonyl (C=O) groups is 1. The minimum absolute atomic E-state index is 0.0353. The van der Waals surface area contributed by atoms with Gasteiger partial charge in [-0.1, -0.05) is 11.8 Å². The number of carbonyl (C=O) groups excluding carboxylic acids is 1. The lowest BCUT2D eigenvalue weighted by Gasteiger charge is -2.29. The molecule has 0 aliphatic carbocycles. The number of hydrogen-bond donors (Lipinski definition) is 1. The van der Waals surface area contributed by atoms with Crippen LogP contribution in [0.5, 0.6) is 0 Å². The molecule has 0 spiro atoms. The summed E-state index contributed by atoms with van der Waals surface area (Å²) in [6.07, 6.45) is 0.946. The number of amides is 1. The number of furan rings is 1. The Morgan fingerprint density at radius 3 is 3.05 bits per heavy atom. The first kappa shape index (κ1) is 14.3. The van der Waals surface area contributed by atoms with Crippen LogP contribution >= 0.6 is 11.8 Å². The van der Waals surface area contributed by atoms with Gasteiger partial charge in [0.05, 0.1) is 11.9 Å². The third-order valence-corrected chi connectivity index (χ3v) is 3.61. The molecule has 1 N–H and O–H groups in total. The van der Waals surface area contributed by atoms with Gasteiger partial charge in [0.15, 0.2) is 5.76 Å². The van der Waals surface area contributed by atoms with Gasteiger partial charge in [-0.25, -0.2) is 0 Å². The maximum Gasteiger partial charge on any atom is 0.289 e. The SMILES string of the molecule is O=C(c1ccc(CSC(F)F)o1)N1CCCC(O)C1. The molecule has 0 bridgehead atoms. The highest BCUT2D eigenvalue weighted by Gasteiger charge is 2.25. The number of halogens is 2. The quantitative estimate of drug-likeness (QED) is 0.925. The lowest BCUT2D eigenvalue weighted by Crippen LogP contribution is -2.42. The molecule has 1 aromatic heterocycles. The average molecular weight is 291 g/mol. The molecule has 0 aromatic carbocycles. The number of aliphatic hydroxyl groups excluding tert-OH is 1. The Labute approximate surface area is 113 Å². The minimum atomic E-state index is -2.46. The molecule has 1 unspecified atom stereocenters. The van der Waals surface area contributed by atoms with Gasteiger partial charge < -0.3 is 14.4 Å². The fourth-order valence-electron chi connectivity index (χ4n) is 2.01. The molecule has 1 saturated heterocycles. The van der Waals surface area contributed by atoms with Gasteiger partial charge in [-0.05, 0) is 25.0 Å². The number of likely N-dealkylation sites (tertiary alicyclic amines) is 1. The predicted octanol–water partition coefficient (Wildman–Crippen LogP) is 2.33. The van der Waals surface area contributed by atoms with E-state index in [4.69, 9.17) is 4.42 Å². The van der Waals surface area contributed by atoms with Gasteiger partial charge in [0, 0.05) is 13.1 Å². The van der Waals surface area contributed by atoms with E-state index in [0.29, 0.717) is 37.0 Å². The fourth-order valence-corrected chi connectivity index (χ4v) is 2.46. The second-order valence-corrected chi connectivity index (χ2v) is 5.36. The molecule has 0 radical (unpaired) electrons. The monoisotopic (exact) mass is 291 g/mol. The summed E-state index contributed by atoms with van der Waals surface area (Å²) in [6.45, 7) is 0.873. The number of thioether (sulfide) groups is 1. The molecular formula is C12H15F2NO3S. The molecule has 19 heavy (non-hydrogen) atoms. The molecule has 1 aliphatic rings. The summed E-state index contributed by atoms with van der Waals surface area (Å²) in [6, 6.07) is 3.02. The van der Waals surface area contributed by atoms with Crippen molar-refractivity contribution in [3.8, 4) is 0 Å². The maximum absolute atomic E-state index is 12.1. The van der Waals surface area contributed by atoms with Crippen molar-refractivity contribution in [2.24, 2.45) is 0 Å². The third-order valence-electron chi connectivity index (χ3n) is 2.91. The van der Waals surface area contributed by atoms with Gasteiger partial charge in [0.2, 0.25) is 0 Å². The Kier molecular flexibility index (Phi) is 4.81. The summed E-state index contributed by atoms with van der Waals surface area (Å²) in [5, 5.41) is 9.51. The zero-order chi connectivity index (χ0) is 13.8. The van der Waals surface area contributed by atoms with Crippen LogP contribution in [0.2, 0.25) is 0 Å². The largest absolute Gasteiger partial charge is 0.455 e. The second kappa shape index (κ2) is 6.38. The molecule has 2 rings (SSSR count). The van der Waals surface area contributed by atoms with Crippen LogP contribution in [0, 0.1) is 0 Å². The Morgan fingerprint density at radius 2 is 2.37 bits per heavy atom. The standard InChI is InChI=1S/C12H15F2NO3S/c13-12(14)19-7-9-3-4-10(18-9)11(17)15-5-1-2-8(16)6-15/h3-4,8,12,16H,1-2,5-7H2. The van der Waals surface area contributed by atoms with E-state index in [9.17, 15) is 18.7 Å². The normalized spacial score (nSPS) is 20.0. The third kappa shape index (κ3) is 3.94. The molecule has 1 atom stereocenters. The van der Waals surface area contributed by atoms with E-state index >= 15 is 0 Å². The lowest BCUT2D eigenvalue weighted by atomic mass is 10.1. The van der Waals surface area contributed by atoms with Gasteiger partial charge >= 0.3 is 0 Å². The zero-order valence-corrected chi connectivity index (χ0v) is 11.0. The van der Waals surface area contributed by atoms with Crippen LogP contribution in [-0.4, -0.2) is 40.9 Å². The number of rotatable bonds is 4. The van der Waals surface area contributed by atoms with Gasteiger partial charge in [0.1, 0.15) is 5.76 Å². The van der Waals surface area contributed by atoms with Crippen molar-refractivity contribution in [3.63, 3.8) is 0 Å². The summed E-state index contributed by atoms with van der Waals surface area (Å²) < 4.78 is 29.3. The van der Waals surface area contributed by atoms with Gasteiger partial charge in [-0.3, -0.25) is 4.79 Å². The van der Waals surface area contributed by atoms with Crippen molar-refractivity contribution in [1.29, 1.82) is 0 Å². The Bertz CT molecular complexity index is 438. The van der Waals surface area contributed by atoms with Crippen molar-refractivity contribution >= 4 is 17.7 Å². The Balaban J connectivity index is 1.95. The first-order valence-electron chi connectivity index (χ1n) is 6.02. The molecule has 1 amide bonds. The Hall–Kier alpha value is -1.08. The molecule has 1 aromatic rings. The summed E-state index contributed by atoms with van der Waals surface area (Å²) >= 11 is 0.453. The van der Waals surface area contributed by atoms with E-state index in [0.717, 1.165) is 6.42 Å². The maximum atomic E-state index is 12.1. The summed E-state index contributed by atoms with van der Waals surface area (Å²) in [4.78, 5) is 13.6. The molecule has 106 valence electrons. The second-order valence-electron chi connectivity index (χ2n) is 4.38. The van der Waals surface area contributed by atoms with Crippen LogP contribution in [0.4, 0.5) is 8.78 Å². The van der Waals surface area contributed by atoms with Crippen molar-refractivity contribution in [2.45, 2.75) is 30.5 Å². The molecular weight excluding hydrogens is 276 g/mol. The minimum Gasteiger partial charge on any atom is -0.455 e. The van der Waals surface area contributed by atoms with Crippen LogP contribution in [0.1, 0.15) is 29.2 Å². The van der Waals surface area contributed by atoms with E-state index in [1.54, 1.807) is 0 Å². The smallest absolute Gasteiger partial charge is 0.289 e. The highest BCUT2D eigenvalue weighted by molar-refractivity contribution is 7.98. The number of piperidine rings is 1. The first-order valence-corrected chi connectivity index (χ1v) is 7.07. The van der Waals surface area contributed by atoms with Crippen LogP contribution in [0.3, 0.4) is 0 Å². The fraction of sp³-hybridized carbons (Fsp3) is 0.583. The highest BCUT2D eigenvalue weighted by atomic mass is 32.2. The van der Waals surface area contributed by atoms with E-state index in [1.165, 1.54) is 17.0 Å². The van der Waals surface area contributed by atoms with Gasteiger partial charge in [0.25, 0.3) is 11.7 Å². The van der Waals surface area contributed by atoms with Crippen LogP contribution in [0.15, 0.2) is 16.5 Å². The van der Waals surface area contributed by atoms with Crippen LogP contribution in [-0.2, 0) is 5.75 Å². The van der Waals surface area contributed by atoms with Crippen molar-refractivity contribution in [1.82, 2.24) is 4.90 Å².